The van der Waals surface area contributed by atoms with Gasteiger partial charge < -0.3 is 14.4 Å². The lowest BCUT2D eigenvalue weighted by atomic mass is 10.2. The number of nitrogens with zero attached hydrogens (tertiary/aromatic N) is 6. The van der Waals surface area contributed by atoms with E-state index >= 15 is 0 Å². The SMILES string of the molecule is CCN(CCOc1ccc(OC)cc1)c1ccc(N=C2C(C)=Nn3nc(C)nc32)cc1. The molecular formula is C23H26N6O2. The molecule has 4 rings (SSSR count). The summed E-state index contributed by atoms with van der Waals surface area (Å²) < 4.78 is 11.0. The van der Waals surface area contributed by atoms with Crippen LogP contribution in [0.2, 0.25) is 0 Å². The summed E-state index contributed by atoms with van der Waals surface area (Å²) in [6, 6.07) is 15.8. The maximum Gasteiger partial charge on any atom is 0.204 e. The number of benzene rings is 2. The number of aryl methyl sites for hydroxylation is 1. The molecule has 2 aromatic carbocycles. The first kappa shape index (κ1) is 20.6. The smallest absolute Gasteiger partial charge is 0.204 e. The van der Waals surface area contributed by atoms with Crippen LogP contribution in [-0.4, -0.2) is 53.1 Å². The minimum atomic E-state index is 0.592. The number of likely N-dealkylation sites (N-methyl/N-ethyl adjacent to an activating group) is 1. The van der Waals surface area contributed by atoms with Crippen molar-refractivity contribution in [3.63, 3.8) is 0 Å². The van der Waals surface area contributed by atoms with Gasteiger partial charge in [-0.15, -0.1) is 9.89 Å². The summed E-state index contributed by atoms with van der Waals surface area (Å²) >= 11 is 0. The fourth-order valence-corrected chi connectivity index (χ4v) is 3.39. The summed E-state index contributed by atoms with van der Waals surface area (Å²) in [5.74, 6) is 3.02. The maximum atomic E-state index is 5.87. The van der Waals surface area contributed by atoms with Gasteiger partial charge in [0.25, 0.3) is 0 Å². The lowest BCUT2D eigenvalue weighted by molar-refractivity contribution is 0.323. The van der Waals surface area contributed by atoms with Crippen molar-refractivity contribution in [2.45, 2.75) is 20.8 Å². The highest BCUT2D eigenvalue weighted by molar-refractivity contribution is 6.48. The second kappa shape index (κ2) is 8.99. The molecular weight excluding hydrogens is 392 g/mol. The molecule has 0 N–H and O–H groups in total. The fourth-order valence-electron chi connectivity index (χ4n) is 3.39. The van der Waals surface area contributed by atoms with Gasteiger partial charge in [-0.3, -0.25) is 0 Å². The number of aromatic nitrogens is 3. The minimum absolute atomic E-state index is 0.592. The maximum absolute atomic E-state index is 5.87. The zero-order chi connectivity index (χ0) is 21.8. The predicted molar refractivity (Wildman–Crippen MR) is 122 cm³/mol. The molecule has 0 spiro atoms. The Kier molecular flexibility index (Phi) is 5.97. The van der Waals surface area contributed by atoms with Gasteiger partial charge in [-0.2, -0.15) is 5.10 Å². The third-order valence-corrected chi connectivity index (χ3v) is 5.02. The first-order valence-electron chi connectivity index (χ1n) is 10.3. The van der Waals surface area contributed by atoms with Crippen molar-refractivity contribution < 1.29 is 9.47 Å². The molecule has 31 heavy (non-hydrogen) atoms. The molecule has 2 heterocycles. The lowest BCUT2D eigenvalue weighted by Crippen LogP contribution is -2.27. The molecule has 8 heteroatoms. The van der Waals surface area contributed by atoms with Gasteiger partial charge in [0.15, 0.2) is 5.82 Å². The summed E-state index contributed by atoms with van der Waals surface area (Å²) in [7, 11) is 1.65. The van der Waals surface area contributed by atoms with Crippen LogP contribution in [0.5, 0.6) is 11.5 Å². The molecule has 0 saturated heterocycles. The van der Waals surface area contributed by atoms with Gasteiger partial charge in [-0.05, 0) is 69.3 Å². The van der Waals surface area contributed by atoms with E-state index in [-0.39, 0.29) is 0 Å². The molecule has 0 fully saturated rings. The first-order valence-corrected chi connectivity index (χ1v) is 10.3. The molecule has 3 aromatic rings. The van der Waals surface area contributed by atoms with Crippen molar-refractivity contribution in [2.24, 2.45) is 10.1 Å². The average molecular weight is 419 g/mol. The van der Waals surface area contributed by atoms with Gasteiger partial charge >= 0.3 is 0 Å². The van der Waals surface area contributed by atoms with Crippen molar-refractivity contribution in [1.82, 2.24) is 14.9 Å². The number of hydrogen-bond donors (Lipinski definition) is 0. The molecule has 1 aliphatic rings. The number of methoxy groups -OCH3 is 1. The van der Waals surface area contributed by atoms with Crippen molar-refractivity contribution in [1.29, 1.82) is 0 Å². The van der Waals surface area contributed by atoms with Crippen LogP contribution in [0.3, 0.4) is 0 Å². The Bertz CT molecular complexity index is 1100. The molecule has 0 radical (unpaired) electrons. The second-order valence-corrected chi connectivity index (χ2v) is 7.14. The molecule has 0 atom stereocenters. The summed E-state index contributed by atoms with van der Waals surface area (Å²) in [5, 5.41) is 8.63. The standard InChI is InChI=1S/C23H26N6O2/c1-5-28(14-15-31-21-12-10-20(30-4)11-13-21)19-8-6-18(7-9-19)25-22-16(2)26-29-23(22)24-17(3)27-29/h6-13H,5,14-15H2,1-4H3. The minimum Gasteiger partial charge on any atom is -0.497 e. The predicted octanol–water partition coefficient (Wildman–Crippen LogP) is 3.86. The van der Waals surface area contributed by atoms with Gasteiger partial charge in [0.1, 0.15) is 23.8 Å². The molecule has 1 aliphatic heterocycles. The van der Waals surface area contributed by atoms with Crippen molar-refractivity contribution in [2.75, 3.05) is 31.7 Å². The number of anilines is 1. The number of rotatable bonds is 8. The normalized spacial score (nSPS) is 13.8. The van der Waals surface area contributed by atoms with Gasteiger partial charge in [0.05, 0.1) is 25.1 Å². The van der Waals surface area contributed by atoms with Gasteiger partial charge in [0.2, 0.25) is 5.82 Å². The van der Waals surface area contributed by atoms with E-state index in [0.717, 1.165) is 47.4 Å². The fraction of sp³-hybridized carbons (Fsp3) is 0.304. The van der Waals surface area contributed by atoms with Crippen molar-refractivity contribution in [3.8, 4) is 11.5 Å². The molecule has 0 unspecified atom stereocenters. The Morgan fingerprint density at radius 3 is 2.39 bits per heavy atom. The molecule has 0 aliphatic carbocycles. The van der Waals surface area contributed by atoms with Gasteiger partial charge in [-0.1, -0.05) is 0 Å². The van der Waals surface area contributed by atoms with Crippen LogP contribution in [0, 0.1) is 6.92 Å². The quantitative estimate of drug-likeness (QED) is 0.555. The molecule has 0 bridgehead atoms. The third kappa shape index (κ3) is 4.58. The van der Waals surface area contributed by atoms with E-state index in [1.54, 1.807) is 11.9 Å². The molecule has 0 saturated carbocycles. The lowest BCUT2D eigenvalue weighted by Gasteiger charge is -2.23. The van der Waals surface area contributed by atoms with Crippen molar-refractivity contribution >= 4 is 22.8 Å². The van der Waals surface area contributed by atoms with Crippen LogP contribution >= 0.6 is 0 Å². The highest BCUT2D eigenvalue weighted by atomic mass is 16.5. The van der Waals surface area contributed by atoms with Crippen LogP contribution in [-0.2, 0) is 0 Å². The number of ether oxygens (including phenoxy) is 2. The Labute approximate surface area is 181 Å². The van der Waals surface area contributed by atoms with E-state index in [4.69, 9.17) is 14.5 Å². The summed E-state index contributed by atoms with van der Waals surface area (Å²) in [4.78, 5) is 13.0. The Hall–Kier alpha value is -3.68. The van der Waals surface area contributed by atoms with E-state index in [2.05, 4.69) is 39.1 Å². The van der Waals surface area contributed by atoms with Gasteiger partial charge in [-0.25, -0.2) is 9.98 Å². The summed E-state index contributed by atoms with van der Waals surface area (Å²) in [5.41, 5.74) is 3.55. The number of aliphatic imine (C=N–C) groups is 1. The van der Waals surface area contributed by atoms with Crippen LogP contribution in [0.4, 0.5) is 11.4 Å². The average Bonchev–Trinajstić information content (AvgIpc) is 3.28. The van der Waals surface area contributed by atoms with Crippen LogP contribution in [0.1, 0.15) is 25.5 Å². The largest absolute Gasteiger partial charge is 0.497 e. The molecule has 8 nitrogen and oxygen atoms in total. The van der Waals surface area contributed by atoms with Crippen LogP contribution in [0.15, 0.2) is 58.6 Å². The highest BCUT2D eigenvalue weighted by Crippen LogP contribution is 2.22. The Balaban J connectivity index is 1.40. The van der Waals surface area contributed by atoms with Crippen LogP contribution < -0.4 is 14.4 Å². The summed E-state index contributed by atoms with van der Waals surface area (Å²) in [6.45, 7) is 8.16. The molecule has 1 aromatic heterocycles. The molecule has 0 amide bonds. The topological polar surface area (TPSA) is 77.1 Å². The second-order valence-electron chi connectivity index (χ2n) is 7.14. The van der Waals surface area contributed by atoms with E-state index in [1.165, 1.54) is 0 Å². The molecule has 160 valence electrons. The van der Waals surface area contributed by atoms with Crippen LogP contribution in [0.25, 0.3) is 0 Å². The monoisotopic (exact) mass is 418 g/mol. The van der Waals surface area contributed by atoms with E-state index in [1.807, 2.05) is 50.2 Å². The highest BCUT2D eigenvalue weighted by Gasteiger charge is 2.23. The Morgan fingerprint density at radius 2 is 1.71 bits per heavy atom. The number of fused-ring (bicyclic) bond motifs is 1. The zero-order valence-electron chi connectivity index (χ0n) is 18.2. The zero-order valence-corrected chi connectivity index (χ0v) is 18.2. The summed E-state index contributed by atoms with van der Waals surface area (Å²) in [6.07, 6.45) is 0. The van der Waals surface area contributed by atoms with E-state index in [0.29, 0.717) is 18.3 Å². The van der Waals surface area contributed by atoms with Crippen molar-refractivity contribution in [3.05, 3.63) is 60.2 Å². The van der Waals surface area contributed by atoms with E-state index in [9.17, 15) is 0 Å². The van der Waals surface area contributed by atoms with Gasteiger partial charge in [0, 0.05) is 12.2 Å². The number of hydrogen-bond acceptors (Lipinski definition) is 7. The third-order valence-electron chi connectivity index (χ3n) is 5.02. The van der Waals surface area contributed by atoms with E-state index < -0.39 is 0 Å². The Morgan fingerprint density at radius 1 is 1.00 bits per heavy atom. The first-order chi connectivity index (χ1) is 15.1.